The summed E-state index contributed by atoms with van der Waals surface area (Å²) in [6.07, 6.45) is 5.99. The summed E-state index contributed by atoms with van der Waals surface area (Å²) < 4.78 is 1.61. The number of nitrogens with one attached hydrogen (secondary N) is 1. The molecule has 0 radical (unpaired) electrons. The van der Waals surface area contributed by atoms with Gasteiger partial charge in [-0.05, 0) is 49.8 Å². The number of nitrogens with two attached hydrogens (primary N) is 1. The van der Waals surface area contributed by atoms with Crippen LogP contribution < -0.4 is 16.6 Å². The smallest absolute Gasteiger partial charge is 0.250 e. The van der Waals surface area contributed by atoms with Crippen molar-refractivity contribution >= 4 is 11.7 Å². The summed E-state index contributed by atoms with van der Waals surface area (Å²) in [6.45, 7) is 4.15. The van der Waals surface area contributed by atoms with Crippen LogP contribution in [0.25, 0.3) is 11.1 Å². The summed E-state index contributed by atoms with van der Waals surface area (Å²) in [5, 5.41) is 2.83. The number of pyridine rings is 2. The largest absolute Gasteiger partial charge is 0.320 e. The maximum atomic E-state index is 12.5. The minimum atomic E-state index is -0.495. The summed E-state index contributed by atoms with van der Waals surface area (Å²) in [5.74, 6) is 1.29. The molecular weight excluding hydrogens is 340 g/mol. The van der Waals surface area contributed by atoms with Crippen molar-refractivity contribution in [2.24, 2.45) is 24.6 Å². The van der Waals surface area contributed by atoms with Crippen LogP contribution in [0.5, 0.6) is 0 Å². The highest BCUT2D eigenvalue weighted by Crippen LogP contribution is 2.30. The molecule has 0 aromatic carbocycles. The van der Waals surface area contributed by atoms with Crippen LogP contribution in [0, 0.1) is 18.8 Å². The lowest BCUT2D eigenvalue weighted by molar-refractivity contribution is -0.118. The molecule has 1 amide bonds. The minimum Gasteiger partial charge on any atom is -0.320 e. The zero-order valence-corrected chi connectivity index (χ0v) is 16.2. The third kappa shape index (κ3) is 4.27. The average Bonchev–Trinajstić information content (AvgIpc) is 2.67. The van der Waals surface area contributed by atoms with E-state index in [1.807, 2.05) is 13.0 Å². The molecule has 3 N–H and O–H groups in total. The second-order valence-electron chi connectivity index (χ2n) is 7.70. The highest BCUT2D eigenvalue weighted by atomic mass is 16.2. The average molecular weight is 368 g/mol. The van der Waals surface area contributed by atoms with Crippen LogP contribution in [0.4, 0.5) is 5.82 Å². The van der Waals surface area contributed by atoms with Gasteiger partial charge in [0.1, 0.15) is 5.82 Å². The standard InChI is InChI=1S/C21H28N4O2/c1-13-4-6-15(7-5-13)20(22)21(27)24-18-10-8-16(12-23-18)17-9-11-19(26)25(3)14(17)2/h8-13,15,20H,4-7,22H2,1-3H3,(H,23,24,27)/t13?,15?,20-/m0/s1. The Balaban J connectivity index is 1.68. The van der Waals surface area contributed by atoms with E-state index in [1.165, 1.54) is 0 Å². The van der Waals surface area contributed by atoms with Crippen molar-refractivity contribution in [2.75, 3.05) is 5.32 Å². The minimum absolute atomic E-state index is 0.0424. The van der Waals surface area contributed by atoms with Crippen molar-refractivity contribution in [3.8, 4) is 11.1 Å². The number of hydrogen-bond donors (Lipinski definition) is 2. The van der Waals surface area contributed by atoms with E-state index in [4.69, 9.17) is 5.73 Å². The van der Waals surface area contributed by atoms with Crippen LogP contribution in [0.15, 0.2) is 35.3 Å². The number of carbonyl (C=O) groups excluding carboxylic acids is 1. The van der Waals surface area contributed by atoms with Gasteiger partial charge < -0.3 is 15.6 Å². The summed E-state index contributed by atoms with van der Waals surface area (Å²) >= 11 is 0. The number of nitrogens with zero attached hydrogens (tertiary/aromatic N) is 2. The molecule has 1 fully saturated rings. The van der Waals surface area contributed by atoms with Crippen molar-refractivity contribution in [3.63, 3.8) is 0 Å². The molecule has 2 aromatic heterocycles. The lowest BCUT2D eigenvalue weighted by Gasteiger charge is -2.29. The molecular formula is C21H28N4O2. The van der Waals surface area contributed by atoms with E-state index in [2.05, 4.69) is 17.2 Å². The molecule has 0 saturated heterocycles. The predicted octanol–water partition coefficient (Wildman–Crippen LogP) is 2.85. The van der Waals surface area contributed by atoms with Crippen LogP contribution in [-0.4, -0.2) is 21.5 Å². The molecule has 1 aliphatic carbocycles. The first-order valence-corrected chi connectivity index (χ1v) is 9.56. The van der Waals surface area contributed by atoms with E-state index in [0.717, 1.165) is 48.4 Å². The quantitative estimate of drug-likeness (QED) is 0.868. The number of amides is 1. The van der Waals surface area contributed by atoms with Gasteiger partial charge in [0.25, 0.3) is 0 Å². The van der Waals surface area contributed by atoms with Crippen LogP contribution in [-0.2, 0) is 11.8 Å². The van der Waals surface area contributed by atoms with E-state index < -0.39 is 6.04 Å². The third-order valence-corrected chi connectivity index (χ3v) is 5.81. The van der Waals surface area contributed by atoms with Crippen LogP contribution >= 0.6 is 0 Å². The summed E-state index contributed by atoms with van der Waals surface area (Å²) in [7, 11) is 1.75. The monoisotopic (exact) mass is 368 g/mol. The third-order valence-electron chi connectivity index (χ3n) is 5.81. The summed E-state index contributed by atoms with van der Waals surface area (Å²) in [4.78, 5) is 28.5. The first-order chi connectivity index (χ1) is 12.9. The van der Waals surface area contributed by atoms with Crippen molar-refractivity contribution in [3.05, 3.63) is 46.5 Å². The number of carbonyl (C=O) groups is 1. The molecule has 6 heteroatoms. The van der Waals surface area contributed by atoms with Crippen LogP contribution in [0.3, 0.4) is 0 Å². The maximum absolute atomic E-state index is 12.5. The van der Waals surface area contributed by atoms with Crippen molar-refractivity contribution < 1.29 is 4.79 Å². The van der Waals surface area contributed by atoms with Gasteiger partial charge in [0.15, 0.2) is 0 Å². The van der Waals surface area contributed by atoms with Crippen LogP contribution in [0.1, 0.15) is 38.3 Å². The molecule has 0 unspecified atom stereocenters. The zero-order chi connectivity index (χ0) is 19.6. The first kappa shape index (κ1) is 19.3. The topological polar surface area (TPSA) is 90.0 Å². The van der Waals surface area contributed by atoms with Gasteiger partial charge in [-0.2, -0.15) is 0 Å². The molecule has 1 saturated carbocycles. The highest BCUT2D eigenvalue weighted by molar-refractivity contribution is 5.94. The lowest BCUT2D eigenvalue weighted by atomic mass is 9.79. The van der Waals surface area contributed by atoms with Gasteiger partial charge >= 0.3 is 0 Å². The normalized spacial score (nSPS) is 20.9. The molecule has 2 heterocycles. The molecule has 6 nitrogen and oxygen atoms in total. The Kier molecular flexibility index (Phi) is 5.75. The Morgan fingerprint density at radius 1 is 1.22 bits per heavy atom. The molecule has 3 rings (SSSR count). The molecule has 144 valence electrons. The van der Waals surface area contributed by atoms with Crippen molar-refractivity contribution in [1.29, 1.82) is 0 Å². The Labute approximate surface area is 159 Å². The Morgan fingerprint density at radius 3 is 2.56 bits per heavy atom. The second-order valence-corrected chi connectivity index (χ2v) is 7.70. The van der Waals surface area contributed by atoms with Gasteiger partial charge in [0.2, 0.25) is 11.5 Å². The zero-order valence-electron chi connectivity index (χ0n) is 16.2. The summed E-state index contributed by atoms with van der Waals surface area (Å²) in [6, 6.07) is 6.51. The van der Waals surface area contributed by atoms with Crippen molar-refractivity contribution in [1.82, 2.24) is 9.55 Å². The van der Waals surface area contributed by atoms with E-state index in [0.29, 0.717) is 5.82 Å². The van der Waals surface area contributed by atoms with Crippen LogP contribution in [0.2, 0.25) is 0 Å². The Bertz CT molecular complexity index is 865. The number of aromatic nitrogens is 2. The molecule has 0 bridgehead atoms. The van der Waals surface area contributed by atoms with Gasteiger partial charge in [-0.15, -0.1) is 0 Å². The molecule has 2 aromatic rings. The second kappa shape index (κ2) is 8.05. The number of hydrogen-bond acceptors (Lipinski definition) is 4. The summed E-state index contributed by atoms with van der Waals surface area (Å²) in [5.41, 5.74) is 8.85. The van der Waals surface area contributed by atoms with E-state index >= 15 is 0 Å². The number of rotatable bonds is 4. The lowest BCUT2D eigenvalue weighted by Crippen LogP contribution is -2.43. The Hall–Kier alpha value is -2.47. The molecule has 1 atom stereocenters. The van der Waals surface area contributed by atoms with E-state index in [-0.39, 0.29) is 17.4 Å². The molecule has 1 aliphatic rings. The SMILES string of the molecule is Cc1c(-c2ccc(NC(=O)[C@@H](N)C3CCC(C)CC3)nc2)ccc(=O)n1C. The Morgan fingerprint density at radius 2 is 1.93 bits per heavy atom. The van der Waals surface area contributed by atoms with Crippen molar-refractivity contribution in [2.45, 2.75) is 45.6 Å². The fraction of sp³-hybridized carbons (Fsp3) is 0.476. The highest BCUT2D eigenvalue weighted by Gasteiger charge is 2.28. The maximum Gasteiger partial charge on any atom is 0.250 e. The van der Waals surface area contributed by atoms with E-state index in [9.17, 15) is 9.59 Å². The van der Waals surface area contributed by atoms with Gasteiger partial charge in [0, 0.05) is 36.1 Å². The van der Waals surface area contributed by atoms with E-state index in [1.54, 1.807) is 36.0 Å². The number of anilines is 1. The first-order valence-electron chi connectivity index (χ1n) is 9.56. The fourth-order valence-electron chi connectivity index (χ4n) is 3.73. The predicted molar refractivity (Wildman–Crippen MR) is 107 cm³/mol. The van der Waals surface area contributed by atoms with Gasteiger partial charge in [-0.3, -0.25) is 9.59 Å². The van der Waals surface area contributed by atoms with Gasteiger partial charge in [0.05, 0.1) is 6.04 Å². The fourth-order valence-corrected chi connectivity index (χ4v) is 3.73. The van der Waals surface area contributed by atoms with Gasteiger partial charge in [-0.1, -0.05) is 19.8 Å². The molecule has 0 spiro atoms. The molecule has 27 heavy (non-hydrogen) atoms. The molecule has 0 aliphatic heterocycles. The van der Waals surface area contributed by atoms with Gasteiger partial charge in [-0.25, -0.2) is 4.98 Å².